The molecule has 0 aliphatic heterocycles. The van der Waals surface area contributed by atoms with E-state index in [1.54, 1.807) is 0 Å². The first-order valence-electron chi connectivity index (χ1n) is 12.2. The van der Waals surface area contributed by atoms with Crippen molar-refractivity contribution in [2.75, 3.05) is 26.2 Å². The number of nitrogens with zero attached hydrogens (tertiary/aromatic N) is 1. The van der Waals surface area contributed by atoms with Crippen molar-refractivity contribution in [2.24, 2.45) is 0 Å². The highest BCUT2D eigenvalue weighted by Gasteiger charge is 2.03. The van der Waals surface area contributed by atoms with Crippen LogP contribution in [0.1, 0.15) is 118 Å². The van der Waals surface area contributed by atoms with E-state index in [2.05, 4.69) is 39.2 Å². The van der Waals surface area contributed by atoms with Gasteiger partial charge >= 0.3 is 0 Å². The molecule has 5 heteroatoms. The molecule has 0 aromatic carbocycles. The monoisotopic (exact) mass is 433 g/mol. The summed E-state index contributed by atoms with van der Waals surface area (Å²) in [6, 6.07) is 0. The molecule has 176 valence electrons. The number of unbranched alkanes of at least 4 members (excludes halogenated alkanes) is 13. The zero-order chi connectivity index (χ0) is 22.2. The summed E-state index contributed by atoms with van der Waals surface area (Å²) in [5.41, 5.74) is 0. The van der Waals surface area contributed by atoms with E-state index >= 15 is 0 Å². The quantitative estimate of drug-likeness (QED) is 0.149. The van der Waals surface area contributed by atoms with Gasteiger partial charge in [-0.1, -0.05) is 118 Å². The van der Waals surface area contributed by atoms with Gasteiger partial charge in [-0.25, -0.2) is 0 Å². The van der Waals surface area contributed by atoms with Crippen LogP contribution in [0.5, 0.6) is 0 Å². The van der Waals surface area contributed by atoms with Crippen LogP contribution in [-0.2, 0) is 14.3 Å². The number of hydrogen-bond donors (Lipinski definition) is 0. The van der Waals surface area contributed by atoms with Gasteiger partial charge in [-0.05, 0) is 26.1 Å². The molecule has 4 nitrogen and oxygen atoms in total. The third-order valence-electron chi connectivity index (χ3n) is 5.29. The van der Waals surface area contributed by atoms with Gasteiger partial charge in [0.2, 0.25) is 0 Å². The predicted molar refractivity (Wildman–Crippen MR) is 129 cm³/mol. The van der Waals surface area contributed by atoms with Crippen molar-refractivity contribution in [3.8, 4) is 0 Å². The highest BCUT2D eigenvalue weighted by atomic mass is 32.2. The Bertz CT molecular complexity index is 414. The van der Waals surface area contributed by atoms with Gasteiger partial charge in [-0.2, -0.15) is 8.42 Å². The van der Waals surface area contributed by atoms with Crippen LogP contribution in [0.3, 0.4) is 0 Å². The number of hydrogen-bond acceptors (Lipinski definition) is 4. The Kier molecular flexibility index (Phi) is 25.4. The van der Waals surface area contributed by atoms with Crippen LogP contribution in [-0.4, -0.2) is 39.6 Å². The standard InChI is InChI=1S/C18H36O3S.C6H15N/c1-3-5-6-7-8-9-10-11-12-13-14-15-16-17-18-21-22(19,20)4-2;1-4-7(5-2)6-3/h4H,2-3,5-18H2,1H3;4-6H2,1-3H3. The maximum Gasteiger partial charge on any atom is 0.289 e. The summed E-state index contributed by atoms with van der Waals surface area (Å²) >= 11 is 0. The van der Waals surface area contributed by atoms with Crippen molar-refractivity contribution in [3.63, 3.8) is 0 Å². The minimum atomic E-state index is -3.47. The lowest BCUT2D eigenvalue weighted by Gasteiger charge is -2.13. The first-order valence-corrected chi connectivity index (χ1v) is 13.7. The van der Waals surface area contributed by atoms with Crippen LogP contribution in [0.2, 0.25) is 0 Å². The van der Waals surface area contributed by atoms with Gasteiger partial charge < -0.3 is 4.90 Å². The molecule has 0 aromatic heterocycles. The molecule has 0 atom stereocenters. The Morgan fingerprint density at radius 3 is 1.28 bits per heavy atom. The van der Waals surface area contributed by atoms with Gasteiger partial charge in [-0.3, -0.25) is 4.18 Å². The normalized spacial score (nSPS) is 11.3. The maximum absolute atomic E-state index is 11.0. The molecule has 0 N–H and O–H groups in total. The molecule has 0 rings (SSSR count). The van der Waals surface area contributed by atoms with Crippen molar-refractivity contribution >= 4 is 10.1 Å². The minimum absolute atomic E-state index is 0.284. The average Bonchev–Trinajstić information content (AvgIpc) is 2.72. The van der Waals surface area contributed by atoms with Crippen LogP contribution in [0.25, 0.3) is 0 Å². The Labute approximate surface area is 183 Å². The topological polar surface area (TPSA) is 46.6 Å². The Hall–Kier alpha value is -0.390. The lowest BCUT2D eigenvalue weighted by Crippen LogP contribution is -2.21. The van der Waals surface area contributed by atoms with Crippen molar-refractivity contribution < 1.29 is 12.6 Å². The third-order valence-corrected chi connectivity index (χ3v) is 6.19. The van der Waals surface area contributed by atoms with Gasteiger partial charge in [0.1, 0.15) is 0 Å². The van der Waals surface area contributed by atoms with Gasteiger partial charge in [-0.15, -0.1) is 0 Å². The molecule has 0 radical (unpaired) electrons. The van der Waals surface area contributed by atoms with Crippen LogP contribution < -0.4 is 0 Å². The first kappa shape index (κ1) is 30.8. The zero-order valence-corrected chi connectivity index (χ0v) is 20.9. The van der Waals surface area contributed by atoms with Gasteiger partial charge in [0, 0.05) is 0 Å². The number of rotatable bonds is 20. The zero-order valence-electron chi connectivity index (χ0n) is 20.1. The summed E-state index contributed by atoms with van der Waals surface area (Å²) in [5, 5.41) is 0.858. The molecule has 0 spiro atoms. The van der Waals surface area contributed by atoms with E-state index in [-0.39, 0.29) is 6.61 Å². The largest absolute Gasteiger partial charge is 0.304 e. The molecule has 0 saturated heterocycles. The summed E-state index contributed by atoms with van der Waals surface area (Å²) in [5.74, 6) is 0. The molecule has 0 fully saturated rings. The van der Waals surface area contributed by atoms with E-state index in [4.69, 9.17) is 4.18 Å². The second-order valence-electron chi connectivity index (χ2n) is 7.70. The van der Waals surface area contributed by atoms with Gasteiger partial charge in [0.05, 0.1) is 12.0 Å². The highest BCUT2D eigenvalue weighted by Crippen LogP contribution is 2.13. The van der Waals surface area contributed by atoms with Gasteiger partial charge in [0.15, 0.2) is 0 Å². The van der Waals surface area contributed by atoms with Crippen LogP contribution >= 0.6 is 0 Å². The molecular formula is C24H51NO3S. The Morgan fingerprint density at radius 1 is 0.655 bits per heavy atom. The van der Waals surface area contributed by atoms with Crippen molar-refractivity contribution in [1.29, 1.82) is 0 Å². The lowest BCUT2D eigenvalue weighted by molar-refractivity contribution is 0.311. The van der Waals surface area contributed by atoms with Crippen LogP contribution in [0.4, 0.5) is 0 Å². The van der Waals surface area contributed by atoms with E-state index in [1.807, 2.05) is 0 Å². The SMILES string of the molecule is C=CS(=O)(=O)OCCCCCCCCCCCCCCCC.CCN(CC)CC. The third kappa shape index (κ3) is 25.6. The fraction of sp³-hybridized carbons (Fsp3) is 0.917. The second-order valence-corrected chi connectivity index (χ2v) is 9.25. The first-order chi connectivity index (χ1) is 14.0. The van der Waals surface area contributed by atoms with Crippen LogP contribution in [0, 0.1) is 0 Å². The fourth-order valence-corrected chi connectivity index (χ4v) is 3.64. The Balaban J connectivity index is 0. The summed E-state index contributed by atoms with van der Waals surface area (Å²) in [6.45, 7) is 15.9. The summed E-state index contributed by atoms with van der Waals surface area (Å²) < 4.78 is 26.7. The molecule has 0 unspecified atom stereocenters. The van der Waals surface area contributed by atoms with E-state index < -0.39 is 10.1 Å². The van der Waals surface area contributed by atoms with Gasteiger partial charge in [0.25, 0.3) is 10.1 Å². The molecule has 0 aromatic rings. The molecule has 0 bridgehead atoms. The molecule has 0 saturated carbocycles. The van der Waals surface area contributed by atoms with E-state index in [9.17, 15) is 8.42 Å². The smallest absolute Gasteiger partial charge is 0.289 e. The molecule has 0 aliphatic carbocycles. The highest BCUT2D eigenvalue weighted by molar-refractivity contribution is 7.89. The summed E-state index contributed by atoms with van der Waals surface area (Å²) in [6.07, 6.45) is 18.1. The maximum atomic E-state index is 11.0. The average molecular weight is 434 g/mol. The second kappa shape index (κ2) is 23.9. The van der Waals surface area contributed by atoms with E-state index in [0.29, 0.717) is 0 Å². The van der Waals surface area contributed by atoms with Crippen molar-refractivity contribution in [3.05, 3.63) is 12.0 Å². The predicted octanol–water partition coefficient (Wildman–Crippen LogP) is 7.31. The molecular weight excluding hydrogens is 382 g/mol. The lowest BCUT2D eigenvalue weighted by atomic mass is 10.0. The Morgan fingerprint density at radius 2 is 1.00 bits per heavy atom. The molecule has 0 heterocycles. The fourth-order valence-electron chi connectivity index (χ4n) is 3.19. The van der Waals surface area contributed by atoms with Crippen molar-refractivity contribution in [2.45, 2.75) is 118 Å². The van der Waals surface area contributed by atoms with E-state index in [1.165, 1.54) is 96.7 Å². The molecule has 0 aliphatic rings. The minimum Gasteiger partial charge on any atom is -0.304 e. The molecule has 0 amide bonds. The summed E-state index contributed by atoms with van der Waals surface area (Å²) in [4.78, 5) is 2.38. The van der Waals surface area contributed by atoms with E-state index in [0.717, 1.165) is 18.2 Å². The molecule has 29 heavy (non-hydrogen) atoms. The van der Waals surface area contributed by atoms with Crippen molar-refractivity contribution in [1.82, 2.24) is 4.90 Å². The van der Waals surface area contributed by atoms with Crippen LogP contribution in [0.15, 0.2) is 12.0 Å². The summed E-state index contributed by atoms with van der Waals surface area (Å²) in [7, 11) is -3.47.